The Balaban J connectivity index is 2.19. The van der Waals surface area contributed by atoms with Gasteiger partial charge < -0.3 is 10.3 Å². The summed E-state index contributed by atoms with van der Waals surface area (Å²) in [4.78, 5) is 13.3. The normalized spacial score (nSPS) is 10.3. The predicted molar refractivity (Wildman–Crippen MR) is 71.0 cm³/mol. The number of aromatic amines is 1. The van der Waals surface area contributed by atoms with Crippen LogP contribution >= 0.6 is 11.6 Å². The Morgan fingerprint density at radius 3 is 2.89 bits per heavy atom. The first-order chi connectivity index (χ1) is 8.58. The number of halogens is 1. The molecule has 0 bridgehead atoms. The first-order valence-corrected chi connectivity index (χ1v) is 5.76. The van der Waals surface area contributed by atoms with Gasteiger partial charge in [-0.15, -0.1) is 0 Å². The summed E-state index contributed by atoms with van der Waals surface area (Å²) in [6.45, 7) is 2.42. The van der Waals surface area contributed by atoms with Gasteiger partial charge >= 0.3 is 0 Å². The summed E-state index contributed by atoms with van der Waals surface area (Å²) in [5.41, 5.74) is 2.54. The SMILES string of the molecule is Cc1cc([N+](=O)[O-])c(Cl)cc1NCc1ccc[nH]1. The zero-order chi connectivity index (χ0) is 13.1. The first-order valence-electron chi connectivity index (χ1n) is 5.38. The van der Waals surface area contributed by atoms with Crippen molar-refractivity contribution in [2.24, 2.45) is 0 Å². The van der Waals surface area contributed by atoms with Crippen molar-refractivity contribution in [3.63, 3.8) is 0 Å². The number of anilines is 1. The Labute approximate surface area is 109 Å². The molecule has 0 saturated carbocycles. The Kier molecular flexibility index (Phi) is 3.53. The zero-order valence-corrected chi connectivity index (χ0v) is 10.5. The lowest BCUT2D eigenvalue weighted by molar-refractivity contribution is -0.384. The van der Waals surface area contributed by atoms with E-state index in [1.165, 1.54) is 6.07 Å². The summed E-state index contributed by atoms with van der Waals surface area (Å²) in [5.74, 6) is 0. The monoisotopic (exact) mass is 265 g/mol. The highest BCUT2D eigenvalue weighted by Crippen LogP contribution is 2.30. The molecule has 5 nitrogen and oxygen atoms in total. The quantitative estimate of drug-likeness (QED) is 0.656. The molecule has 1 aromatic carbocycles. The van der Waals surface area contributed by atoms with Gasteiger partial charge in [-0.25, -0.2) is 0 Å². The van der Waals surface area contributed by atoms with Gasteiger partial charge in [0.25, 0.3) is 5.69 Å². The van der Waals surface area contributed by atoms with Crippen LogP contribution in [0.15, 0.2) is 30.5 Å². The highest BCUT2D eigenvalue weighted by molar-refractivity contribution is 6.33. The topological polar surface area (TPSA) is 71.0 Å². The molecular weight excluding hydrogens is 254 g/mol. The van der Waals surface area contributed by atoms with Gasteiger partial charge in [0.15, 0.2) is 0 Å². The highest BCUT2D eigenvalue weighted by Gasteiger charge is 2.14. The van der Waals surface area contributed by atoms with E-state index in [0.717, 1.165) is 16.9 Å². The van der Waals surface area contributed by atoms with Crippen LogP contribution in [0.3, 0.4) is 0 Å². The van der Waals surface area contributed by atoms with Crippen molar-refractivity contribution in [3.8, 4) is 0 Å². The fourth-order valence-electron chi connectivity index (χ4n) is 1.66. The van der Waals surface area contributed by atoms with E-state index < -0.39 is 4.92 Å². The number of aryl methyl sites for hydroxylation is 1. The number of aromatic nitrogens is 1. The summed E-state index contributed by atoms with van der Waals surface area (Å²) in [6.07, 6.45) is 1.84. The molecule has 0 aliphatic carbocycles. The molecule has 0 aliphatic heterocycles. The van der Waals surface area contributed by atoms with Gasteiger partial charge in [-0.3, -0.25) is 10.1 Å². The van der Waals surface area contributed by atoms with Crippen molar-refractivity contribution >= 4 is 23.0 Å². The minimum Gasteiger partial charge on any atom is -0.379 e. The first kappa shape index (κ1) is 12.4. The van der Waals surface area contributed by atoms with E-state index >= 15 is 0 Å². The van der Waals surface area contributed by atoms with Crippen LogP contribution in [0.2, 0.25) is 5.02 Å². The molecule has 2 N–H and O–H groups in total. The van der Waals surface area contributed by atoms with E-state index in [2.05, 4.69) is 10.3 Å². The minimum atomic E-state index is -0.482. The van der Waals surface area contributed by atoms with E-state index in [1.807, 2.05) is 18.3 Å². The molecule has 0 aliphatic rings. The maximum absolute atomic E-state index is 10.7. The highest BCUT2D eigenvalue weighted by atomic mass is 35.5. The Hall–Kier alpha value is -2.01. The molecule has 0 saturated heterocycles. The number of H-pyrrole nitrogens is 1. The molecule has 0 atom stereocenters. The van der Waals surface area contributed by atoms with Crippen LogP contribution in [-0.2, 0) is 6.54 Å². The maximum Gasteiger partial charge on any atom is 0.288 e. The van der Waals surface area contributed by atoms with Crippen molar-refractivity contribution in [3.05, 3.63) is 56.9 Å². The summed E-state index contributed by atoms with van der Waals surface area (Å²) < 4.78 is 0. The van der Waals surface area contributed by atoms with Gasteiger partial charge in [0, 0.05) is 23.6 Å². The van der Waals surface area contributed by atoms with Crippen LogP contribution in [0, 0.1) is 17.0 Å². The lowest BCUT2D eigenvalue weighted by Gasteiger charge is -2.09. The summed E-state index contributed by atoms with van der Waals surface area (Å²) in [6, 6.07) is 6.92. The molecule has 2 aromatic rings. The van der Waals surface area contributed by atoms with Crippen LogP contribution in [0.4, 0.5) is 11.4 Å². The van der Waals surface area contributed by atoms with Gasteiger partial charge in [-0.1, -0.05) is 11.6 Å². The lowest BCUT2D eigenvalue weighted by atomic mass is 10.1. The third-order valence-corrected chi connectivity index (χ3v) is 2.92. The number of hydrogen-bond acceptors (Lipinski definition) is 3. The van der Waals surface area contributed by atoms with Crippen LogP contribution in [0.1, 0.15) is 11.3 Å². The average molecular weight is 266 g/mol. The summed E-state index contributed by atoms with van der Waals surface area (Å²) in [7, 11) is 0. The van der Waals surface area contributed by atoms with E-state index in [4.69, 9.17) is 11.6 Å². The van der Waals surface area contributed by atoms with Gasteiger partial charge in [0.2, 0.25) is 0 Å². The molecule has 0 fully saturated rings. The molecule has 2 rings (SSSR count). The van der Waals surface area contributed by atoms with Crippen LogP contribution in [0.25, 0.3) is 0 Å². The molecule has 6 heteroatoms. The average Bonchev–Trinajstić information content (AvgIpc) is 2.82. The second-order valence-electron chi connectivity index (χ2n) is 3.92. The molecular formula is C12H12ClN3O2. The minimum absolute atomic E-state index is 0.0698. The van der Waals surface area contributed by atoms with E-state index in [-0.39, 0.29) is 10.7 Å². The number of hydrogen-bond donors (Lipinski definition) is 2. The molecule has 1 aromatic heterocycles. The van der Waals surface area contributed by atoms with Crippen molar-refractivity contribution in [1.82, 2.24) is 4.98 Å². The molecule has 1 heterocycles. The van der Waals surface area contributed by atoms with Gasteiger partial charge in [-0.05, 0) is 30.7 Å². The lowest BCUT2D eigenvalue weighted by Crippen LogP contribution is -2.02. The van der Waals surface area contributed by atoms with E-state index in [0.29, 0.717) is 6.54 Å². The molecule has 0 spiro atoms. The van der Waals surface area contributed by atoms with Gasteiger partial charge in [0.1, 0.15) is 5.02 Å². The fourth-order valence-corrected chi connectivity index (χ4v) is 1.90. The summed E-state index contributed by atoms with van der Waals surface area (Å²) >= 11 is 5.87. The number of nitro benzene ring substituents is 1. The zero-order valence-electron chi connectivity index (χ0n) is 9.74. The maximum atomic E-state index is 10.7. The number of rotatable bonds is 4. The second kappa shape index (κ2) is 5.10. The van der Waals surface area contributed by atoms with E-state index in [9.17, 15) is 10.1 Å². The standard InChI is InChI=1S/C12H12ClN3O2/c1-8-5-12(16(17)18)10(13)6-11(8)15-7-9-3-2-4-14-9/h2-6,14-15H,7H2,1H3. The smallest absolute Gasteiger partial charge is 0.288 e. The van der Waals surface area contributed by atoms with Crippen molar-refractivity contribution in [2.75, 3.05) is 5.32 Å². The number of nitro groups is 1. The largest absolute Gasteiger partial charge is 0.379 e. The molecule has 18 heavy (non-hydrogen) atoms. The molecule has 0 amide bonds. The summed E-state index contributed by atoms with van der Waals surface area (Å²) in [5, 5.41) is 14.0. The third kappa shape index (κ3) is 2.62. The Morgan fingerprint density at radius 1 is 1.50 bits per heavy atom. The Bertz CT molecular complexity index is 567. The van der Waals surface area contributed by atoms with Gasteiger partial charge in [-0.2, -0.15) is 0 Å². The number of benzene rings is 1. The number of nitrogens with one attached hydrogen (secondary N) is 2. The predicted octanol–water partition coefficient (Wildman–Crippen LogP) is 3.50. The van der Waals surface area contributed by atoms with Crippen molar-refractivity contribution in [2.45, 2.75) is 13.5 Å². The van der Waals surface area contributed by atoms with Crippen LogP contribution in [0.5, 0.6) is 0 Å². The van der Waals surface area contributed by atoms with Crippen LogP contribution < -0.4 is 5.32 Å². The Morgan fingerprint density at radius 2 is 2.28 bits per heavy atom. The van der Waals surface area contributed by atoms with Crippen LogP contribution in [-0.4, -0.2) is 9.91 Å². The second-order valence-corrected chi connectivity index (χ2v) is 4.33. The van der Waals surface area contributed by atoms with Crippen molar-refractivity contribution < 1.29 is 4.92 Å². The van der Waals surface area contributed by atoms with Crippen molar-refractivity contribution in [1.29, 1.82) is 0 Å². The van der Waals surface area contributed by atoms with Gasteiger partial charge in [0.05, 0.1) is 11.5 Å². The molecule has 94 valence electrons. The molecule has 0 unspecified atom stereocenters. The third-order valence-electron chi connectivity index (χ3n) is 2.62. The molecule has 0 radical (unpaired) electrons. The van der Waals surface area contributed by atoms with E-state index in [1.54, 1.807) is 13.0 Å². The fraction of sp³-hybridized carbons (Fsp3) is 0.167. The number of nitrogens with zero attached hydrogens (tertiary/aromatic N) is 1.